The minimum atomic E-state index is 0.264. The SMILES string of the molecule is CCN(CC)c1ccc(/C=N/Nc2nc3nonc3nc2NNc2ccc(C)cc2)c(OC)c1. The predicted molar refractivity (Wildman–Crippen MR) is 134 cm³/mol. The fraction of sp³-hybridized carbons (Fsp3) is 0.261. The number of rotatable bonds is 10. The van der Waals surface area contributed by atoms with Gasteiger partial charge in [0.1, 0.15) is 5.75 Å². The molecule has 2 aromatic carbocycles. The molecule has 0 aliphatic heterocycles. The van der Waals surface area contributed by atoms with Crippen molar-refractivity contribution in [2.45, 2.75) is 20.8 Å². The first kappa shape index (κ1) is 22.8. The molecule has 34 heavy (non-hydrogen) atoms. The van der Waals surface area contributed by atoms with Crippen molar-refractivity contribution in [1.29, 1.82) is 0 Å². The van der Waals surface area contributed by atoms with Crippen LogP contribution >= 0.6 is 0 Å². The van der Waals surface area contributed by atoms with Crippen molar-refractivity contribution in [3.05, 3.63) is 53.6 Å². The van der Waals surface area contributed by atoms with E-state index in [1.54, 1.807) is 13.3 Å². The van der Waals surface area contributed by atoms with Crippen molar-refractivity contribution >= 4 is 40.5 Å². The minimum Gasteiger partial charge on any atom is -0.496 e. The molecule has 0 aliphatic carbocycles. The van der Waals surface area contributed by atoms with Gasteiger partial charge in [-0.15, -0.1) is 0 Å². The molecule has 0 aliphatic rings. The van der Waals surface area contributed by atoms with Gasteiger partial charge in [0, 0.05) is 30.4 Å². The second-order valence-electron chi connectivity index (χ2n) is 7.42. The van der Waals surface area contributed by atoms with Gasteiger partial charge in [0.15, 0.2) is 11.6 Å². The number of nitrogens with one attached hydrogen (secondary N) is 3. The van der Waals surface area contributed by atoms with Crippen molar-refractivity contribution in [1.82, 2.24) is 20.3 Å². The first-order chi connectivity index (χ1) is 16.6. The lowest BCUT2D eigenvalue weighted by Gasteiger charge is -2.22. The molecule has 0 amide bonds. The Labute approximate surface area is 197 Å². The Morgan fingerprint density at radius 2 is 1.68 bits per heavy atom. The molecule has 2 heterocycles. The largest absolute Gasteiger partial charge is 0.496 e. The zero-order valence-corrected chi connectivity index (χ0v) is 19.5. The van der Waals surface area contributed by atoms with Crippen molar-refractivity contribution in [3.63, 3.8) is 0 Å². The van der Waals surface area contributed by atoms with Crippen LogP contribution in [-0.4, -0.2) is 46.7 Å². The Morgan fingerprint density at radius 3 is 2.35 bits per heavy atom. The van der Waals surface area contributed by atoms with Gasteiger partial charge in [-0.1, -0.05) is 17.7 Å². The maximum absolute atomic E-state index is 5.57. The summed E-state index contributed by atoms with van der Waals surface area (Å²) in [6, 6.07) is 13.9. The maximum Gasteiger partial charge on any atom is 0.245 e. The second-order valence-corrected chi connectivity index (χ2v) is 7.42. The summed E-state index contributed by atoms with van der Waals surface area (Å²) in [6.07, 6.45) is 1.66. The summed E-state index contributed by atoms with van der Waals surface area (Å²) in [4.78, 5) is 11.1. The molecule has 0 fully saturated rings. The van der Waals surface area contributed by atoms with E-state index in [0.29, 0.717) is 11.6 Å². The highest BCUT2D eigenvalue weighted by atomic mass is 16.6. The van der Waals surface area contributed by atoms with Crippen LogP contribution in [-0.2, 0) is 0 Å². The number of anilines is 4. The van der Waals surface area contributed by atoms with Gasteiger partial charge in [-0.25, -0.2) is 4.63 Å². The number of ether oxygens (including phenoxy) is 1. The molecule has 176 valence electrons. The number of hydrazone groups is 1. The van der Waals surface area contributed by atoms with E-state index >= 15 is 0 Å². The van der Waals surface area contributed by atoms with Gasteiger partial charge in [-0.2, -0.15) is 15.1 Å². The Kier molecular flexibility index (Phi) is 7.01. The van der Waals surface area contributed by atoms with Crippen LogP contribution in [0.2, 0.25) is 0 Å². The monoisotopic (exact) mass is 461 g/mol. The lowest BCUT2D eigenvalue weighted by atomic mass is 10.2. The third kappa shape index (κ3) is 5.14. The molecule has 4 aromatic rings. The summed E-state index contributed by atoms with van der Waals surface area (Å²) < 4.78 is 10.3. The average molecular weight is 462 g/mol. The van der Waals surface area contributed by atoms with Gasteiger partial charge in [0.2, 0.25) is 11.3 Å². The molecule has 3 N–H and O–H groups in total. The summed E-state index contributed by atoms with van der Waals surface area (Å²) in [7, 11) is 1.64. The number of hydrazine groups is 1. The van der Waals surface area contributed by atoms with Gasteiger partial charge in [0.05, 0.1) is 19.0 Å². The van der Waals surface area contributed by atoms with Gasteiger partial charge < -0.3 is 9.64 Å². The number of aryl methyl sites for hydroxylation is 1. The van der Waals surface area contributed by atoms with E-state index in [-0.39, 0.29) is 11.3 Å². The van der Waals surface area contributed by atoms with Crippen molar-refractivity contribution in [2.75, 3.05) is 41.4 Å². The summed E-state index contributed by atoms with van der Waals surface area (Å²) in [5.74, 6) is 1.44. The molecule has 0 spiro atoms. The summed E-state index contributed by atoms with van der Waals surface area (Å²) >= 11 is 0. The molecule has 11 heteroatoms. The fourth-order valence-corrected chi connectivity index (χ4v) is 3.33. The molecular weight excluding hydrogens is 434 g/mol. The molecule has 0 radical (unpaired) electrons. The minimum absolute atomic E-state index is 0.264. The molecule has 2 aromatic heterocycles. The Balaban J connectivity index is 1.54. The number of aromatic nitrogens is 4. The number of fused-ring (bicyclic) bond motifs is 1. The third-order valence-corrected chi connectivity index (χ3v) is 5.21. The van der Waals surface area contributed by atoms with Crippen LogP contribution in [0.3, 0.4) is 0 Å². The highest BCUT2D eigenvalue weighted by molar-refractivity contribution is 5.85. The van der Waals surface area contributed by atoms with Crippen molar-refractivity contribution in [2.24, 2.45) is 5.10 Å². The second kappa shape index (κ2) is 10.5. The van der Waals surface area contributed by atoms with Crippen LogP contribution in [0.5, 0.6) is 5.75 Å². The number of hydrogen-bond donors (Lipinski definition) is 3. The lowest BCUT2D eigenvalue weighted by Crippen LogP contribution is -2.21. The van der Waals surface area contributed by atoms with Crippen LogP contribution in [0.15, 0.2) is 52.2 Å². The normalized spacial score (nSPS) is 11.1. The lowest BCUT2D eigenvalue weighted by molar-refractivity contribution is 0.314. The number of hydrogen-bond acceptors (Lipinski definition) is 11. The zero-order valence-electron chi connectivity index (χ0n) is 19.5. The maximum atomic E-state index is 5.57. The topological polar surface area (TPSA) is 126 Å². The van der Waals surface area contributed by atoms with Crippen molar-refractivity contribution < 1.29 is 9.37 Å². The number of benzene rings is 2. The standard InChI is InChI=1S/C23H27N9O2/c1-5-32(6-2)18-12-9-16(19(13-18)33-4)14-24-28-20-21(26-23-22(25-20)30-34-31-23)29-27-17-10-7-15(3)8-11-17/h7-14,27H,5-6H2,1-4H3,(H,25,28,30)(H,26,29,31)/b24-14+. The predicted octanol–water partition coefficient (Wildman–Crippen LogP) is 4.06. The van der Waals surface area contributed by atoms with Crippen LogP contribution in [0.25, 0.3) is 11.3 Å². The van der Waals surface area contributed by atoms with Gasteiger partial charge in [-0.05, 0) is 55.4 Å². The average Bonchev–Trinajstić information content (AvgIpc) is 3.32. The highest BCUT2D eigenvalue weighted by Crippen LogP contribution is 2.25. The van der Waals surface area contributed by atoms with Crippen LogP contribution in [0.1, 0.15) is 25.0 Å². The summed E-state index contributed by atoms with van der Waals surface area (Å²) in [5.41, 5.74) is 13.5. The molecule has 11 nitrogen and oxygen atoms in total. The molecule has 0 atom stereocenters. The molecule has 0 saturated heterocycles. The Hall–Kier alpha value is -4.41. The van der Waals surface area contributed by atoms with E-state index in [2.05, 4.69) is 60.4 Å². The first-order valence-electron chi connectivity index (χ1n) is 10.9. The molecule has 4 rings (SSSR count). The summed E-state index contributed by atoms with van der Waals surface area (Å²) in [6.45, 7) is 8.10. The number of methoxy groups -OCH3 is 1. The smallest absolute Gasteiger partial charge is 0.245 e. The molecular formula is C23H27N9O2. The Morgan fingerprint density at radius 1 is 0.971 bits per heavy atom. The molecule has 0 saturated carbocycles. The zero-order chi connectivity index (χ0) is 23.9. The van der Waals surface area contributed by atoms with Crippen LogP contribution in [0, 0.1) is 6.92 Å². The quantitative estimate of drug-likeness (QED) is 0.235. The van der Waals surface area contributed by atoms with Crippen LogP contribution < -0.4 is 25.9 Å². The van der Waals surface area contributed by atoms with Crippen molar-refractivity contribution in [3.8, 4) is 5.75 Å². The molecule has 0 bridgehead atoms. The van der Waals surface area contributed by atoms with E-state index in [4.69, 9.17) is 9.37 Å². The fourth-order valence-electron chi connectivity index (χ4n) is 3.33. The van der Waals surface area contributed by atoms with E-state index in [1.807, 2.05) is 49.4 Å². The van der Waals surface area contributed by atoms with E-state index in [9.17, 15) is 0 Å². The summed E-state index contributed by atoms with van der Waals surface area (Å²) in [5, 5.41) is 11.9. The van der Waals surface area contributed by atoms with Gasteiger partial charge in [-0.3, -0.25) is 16.3 Å². The highest BCUT2D eigenvalue weighted by Gasteiger charge is 2.13. The van der Waals surface area contributed by atoms with Gasteiger partial charge >= 0.3 is 0 Å². The molecule has 0 unspecified atom stereocenters. The van der Waals surface area contributed by atoms with E-state index in [1.165, 1.54) is 0 Å². The van der Waals surface area contributed by atoms with E-state index in [0.717, 1.165) is 41.3 Å². The van der Waals surface area contributed by atoms with E-state index < -0.39 is 0 Å². The van der Waals surface area contributed by atoms with Gasteiger partial charge in [0.25, 0.3) is 0 Å². The first-order valence-corrected chi connectivity index (χ1v) is 10.9. The Bertz CT molecular complexity index is 1270. The van der Waals surface area contributed by atoms with Crippen LogP contribution in [0.4, 0.5) is 23.0 Å². The third-order valence-electron chi connectivity index (χ3n) is 5.21. The number of nitrogens with zero attached hydrogens (tertiary/aromatic N) is 6.